The van der Waals surface area contributed by atoms with Gasteiger partial charge in [0.15, 0.2) is 0 Å². The predicted molar refractivity (Wildman–Crippen MR) is 67.9 cm³/mol. The van der Waals surface area contributed by atoms with Crippen molar-refractivity contribution >= 4 is 18.5 Å². The second-order valence-electron chi connectivity index (χ2n) is 4.93. The van der Waals surface area contributed by atoms with Crippen LogP contribution in [0, 0.1) is 12.3 Å². The summed E-state index contributed by atoms with van der Waals surface area (Å²) in [5.74, 6) is 2.16. The molecule has 1 unspecified atom stereocenters. The van der Waals surface area contributed by atoms with Crippen LogP contribution in [0.25, 0.3) is 0 Å². The number of rotatable bonds is 5. The average molecular weight is 254 g/mol. The highest BCUT2D eigenvalue weighted by Crippen LogP contribution is 2.49. The number of amides is 1. The maximum Gasteiger partial charge on any atom is 0.221 e. The van der Waals surface area contributed by atoms with Gasteiger partial charge in [-0.05, 0) is 37.9 Å². The SMILES string of the molecule is Cc1cnc(C(C)NC(=O)CC2(CS)CC2)o1. The first kappa shape index (κ1) is 12.5. The first-order valence-electron chi connectivity index (χ1n) is 5.87. The zero-order valence-electron chi connectivity index (χ0n) is 10.2. The summed E-state index contributed by atoms with van der Waals surface area (Å²) < 4.78 is 5.38. The number of carbonyl (C=O) groups is 1. The first-order valence-corrected chi connectivity index (χ1v) is 6.50. The zero-order valence-corrected chi connectivity index (χ0v) is 11.1. The Balaban J connectivity index is 1.86. The molecule has 1 aromatic heterocycles. The van der Waals surface area contributed by atoms with E-state index >= 15 is 0 Å². The van der Waals surface area contributed by atoms with Gasteiger partial charge in [0, 0.05) is 6.42 Å². The van der Waals surface area contributed by atoms with Gasteiger partial charge in [-0.25, -0.2) is 4.98 Å². The van der Waals surface area contributed by atoms with Crippen molar-refractivity contribution in [3.05, 3.63) is 17.8 Å². The predicted octanol–water partition coefficient (Wildman–Crippen LogP) is 2.26. The number of hydrogen-bond acceptors (Lipinski definition) is 4. The van der Waals surface area contributed by atoms with Crippen LogP contribution in [0.5, 0.6) is 0 Å². The largest absolute Gasteiger partial charge is 0.444 e. The highest BCUT2D eigenvalue weighted by molar-refractivity contribution is 7.80. The number of hydrogen-bond donors (Lipinski definition) is 2. The molecular formula is C12H18N2O2S. The molecule has 4 nitrogen and oxygen atoms in total. The number of aryl methyl sites for hydroxylation is 1. The Kier molecular flexibility index (Phi) is 3.47. The molecule has 1 N–H and O–H groups in total. The minimum Gasteiger partial charge on any atom is -0.444 e. The van der Waals surface area contributed by atoms with Crippen LogP contribution in [0.2, 0.25) is 0 Å². The maximum atomic E-state index is 11.8. The lowest BCUT2D eigenvalue weighted by atomic mass is 10.0. The number of oxazole rings is 1. The van der Waals surface area contributed by atoms with E-state index in [1.165, 1.54) is 0 Å². The van der Waals surface area contributed by atoms with Crippen LogP contribution in [-0.2, 0) is 4.79 Å². The molecule has 0 aromatic carbocycles. The van der Waals surface area contributed by atoms with Crippen LogP contribution < -0.4 is 5.32 Å². The van der Waals surface area contributed by atoms with E-state index in [1.807, 2.05) is 13.8 Å². The van der Waals surface area contributed by atoms with Crippen LogP contribution in [0.3, 0.4) is 0 Å². The second-order valence-corrected chi connectivity index (χ2v) is 5.25. The third-order valence-corrected chi connectivity index (χ3v) is 3.89. The van der Waals surface area contributed by atoms with E-state index in [0.29, 0.717) is 12.3 Å². The molecular weight excluding hydrogens is 236 g/mol. The Hall–Kier alpha value is -0.970. The average Bonchev–Trinajstić information content (AvgIpc) is 2.91. The lowest BCUT2D eigenvalue weighted by molar-refractivity contribution is -0.122. The number of nitrogens with zero attached hydrogens (tertiary/aromatic N) is 1. The summed E-state index contributed by atoms with van der Waals surface area (Å²) in [6, 6.07) is -0.174. The van der Waals surface area contributed by atoms with Crippen LogP contribution in [0.4, 0.5) is 0 Å². The molecule has 1 atom stereocenters. The molecule has 0 bridgehead atoms. The lowest BCUT2D eigenvalue weighted by Crippen LogP contribution is -2.29. The summed E-state index contributed by atoms with van der Waals surface area (Å²) in [6.07, 6.45) is 4.43. The molecule has 0 saturated heterocycles. The second kappa shape index (κ2) is 4.72. The van der Waals surface area contributed by atoms with Gasteiger partial charge in [-0.2, -0.15) is 12.6 Å². The van der Waals surface area contributed by atoms with Crippen molar-refractivity contribution in [1.29, 1.82) is 0 Å². The number of aromatic nitrogens is 1. The molecule has 1 saturated carbocycles. The Morgan fingerprint density at radius 3 is 2.88 bits per heavy atom. The number of carbonyl (C=O) groups excluding carboxylic acids is 1. The van der Waals surface area contributed by atoms with Crippen molar-refractivity contribution in [2.24, 2.45) is 5.41 Å². The van der Waals surface area contributed by atoms with E-state index in [0.717, 1.165) is 24.4 Å². The van der Waals surface area contributed by atoms with Crippen LogP contribution in [0.15, 0.2) is 10.6 Å². The molecule has 17 heavy (non-hydrogen) atoms. The van der Waals surface area contributed by atoms with E-state index < -0.39 is 0 Å². The summed E-state index contributed by atoms with van der Waals surface area (Å²) in [7, 11) is 0. The standard InChI is InChI=1S/C12H18N2O2S/c1-8-6-13-11(16-8)9(2)14-10(15)5-12(7-17)3-4-12/h6,9,17H,3-5,7H2,1-2H3,(H,14,15). The molecule has 2 rings (SSSR count). The van der Waals surface area contributed by atoms with Crippen molar-refractivity contribution in [2.75, 3.05) is 5.75 Å². The molecule has 0 radical (unpaired) electrons. The van der Waals surface area contributed by atoms with E-state index in [2.05, 4.69) is 22.9 Å². The quantitative estimate of drug-likeness (QED) is 0.792. The molecule has 0 spiro atoms. The molecule has 1 aliphatic carbocycles. The topological polar surface area (TPSA) is 55.1 Å². The Labute approximate surface area is 107 Å². The highest BCUT2D eigenvalue weighted by atomic mass is 32.1. The van der Waals surface area contributed by atoms with Gasteiger partial charge >= 0.3 is 0 Å². The van der Waals surface area contributed by atoms with E-state index in [-0.39, 0.29) is 17.4 Å². The van der Waals surface area contributed by atoms with Gasteiger partial charge in [0.2, 0.25) is 11.8 Å². The molecule has 1 fully saturated rings. The third kappa shape index (κ3) is 3.03. The molecule has 1 aromatic rings. The monoisotopic (exact) mass is 254 g/mol. The summed E-state index contributed by atoms with van der Waals surface area (Å²) in [6.45, 7) is 3.72. The number of nitrogens with one attached hydrogen (secondary N) is 1. The fourth-order valence-corrected chi connectivity index (χ4v) is 2.26. The first-order chi connectivity index (χ1) is 8.04. The van der Waals surface area contributed by atoms with Gasteiger partial charge in [-0.15, -0.1) is 0 Å². The molecule has 1 aliphatic rings. The third-order valence-electron chi connectivity index (χ3n) is 3.22. The van der Waals surface area contributed by atoms with Crippen LogP contribution >= 0.6 is 12.6 Å². The Morgan fingerprint density at radius 1 is 1.71 bits per heavy atom. The minimum absolute atomic E-state index is 0.0555. The minimum atomic E-state index is -0.174. The van der Waals surface area contributed by atoms with Crippen molar-refractivity contribution < 1.29 is 9.21 Å². The summed E-state index contributed by atoms with van der Waals surface area (Å²) in [5.41, 5.74) is 0.152. The van der Waals surface area contributed by atoms with Crippen molar-refractivity contribution in [1.82, 2.24) is 10.3 Å². The summed E-state index contributed by atoms with van der Waals surface area (Å²) >= 11 is 4.29. The van der Waals surface area contributed by atoms with Gasteiger partial charge in [0.25, 0.3) is 0 Å². The van der Waals surface area contributed by atoms with Crippen molar-refractivity contribution in [3.63, 3.8) is 0 Å². The van der Waals surface area contributed by atoms with E-state index in [4.69, 9.17) is 4.42 Å². The fraction of sp³-hybridized carbons (Fsp3) is 0.667. The number of thiol groups is 1. The zero-order chi connectivity index (χ0) is 12.5. The van der Waals surface area contributed by atoms with Crippen molar-refractivity contribution in [2.45, 2.75) is 39.2 Å². The summed E-state index contributed by atoms with van der Waals surface area (Å²) in [4.78, 5) is 15.9. The lowest BCUT2D eigenvalue weighted by Gasteiger charge is -2.14. The van der Waals surface area contributed by atoms with Crippen LogP contribution in [0.1, 0.15) is 43.9 Å². The summed E-state index contributed by atoms with van der Waals surface area (Å²) in [5, 5.41) is 2.91. The normalized spacial score (nSPS) is 18.8. The fourth-order valence-electron chi connectivity index (χ4n) is 1.83. The van der Waals surface area contributed by atoms with Crippen LogP contribution in [-0.4, -0.2) is 16.6 Å². The molecule has 94 valence electrons. The maximum absolute atomic E-state index is 11.8. The van der Waals surface area contributed by atoms with Gasteiger partial charge < -0.3 is 9.73 Å². The Morgan fingerprint density at radius 2 is 2.41 bits per heavy atom. The smallest absolute Gasteiger partial charge is 0.221 e. The molecule has 1 amide bonds. The van der Waals surface area contributed by atoms with Gasteiger partial charge in [-0.1, -0.05) is 0 Å². The van der Waals surface area contributed by atoms with E-state index in [1.54, 1.807) is 6.20 Å². The van der Waals surface area contributed by atoms with Gasteiger partial charge in [0.05, 0.1) is 6.20 Å². The Bertz CT molecular complexity index is 412. The molecule has 5 heteroatoms. The highest BCUT2D eigenvalue weighted by Gasteiger charge is 2.43. The molecule has 1 heterocycles. The van der Waals surface area contributed by atoms with Crippen molar-refractivity contribution in [3.8, 4) is 0 Å². The molecule has 0 aliphatic heterocycles. The van der Waals surface area contributed by atoms with E-state index in [9.17, 15) is 4.79 Å². The van der Waals surface area contributed by atoms with Gasteiger partial charge in [0.1, 0.15) is 11.8 Å². The van der Waals surface area contributed by atoms with Gasteiger partial charge in [-0.3, -0.25) is 4.79 Å².